The van der Waals surface area contributed by atoms with Crippen molar-refractivity contribution in [3.8, 4) is 16.9 Å². The van der Waals surface area contributed by atoms with Crippen molar-refractivity contribution in [1.29, 1.82) is 0 Å². The Morgan fingerprint density at radius 1 is 0.963 bits per heavy atom. The fourth-order valence-corrected chi connectivity index (χ4v) is 4.99. The van der Waals surface area contributed by atoms with Gasteiger partial charge in [0, 0.05) is 14.2 Å². The van der Waals surface area contributed by atoms with Gasteiger partial charge in [-0.2, -0.15) is 0 Å². The highest BCUT2D eigenvalue weighted by molar-refractivity contribution is 7.62. The molecule has 0 bridgehead atoms. The Kier molecular flexibility index (Phi) is 6.41. The molecule has 1 atom stereocenters. The molecule has 2 aromatic rings. The van der Waals surface area contributed by atoms with Gasteiger partial charge in [0.2, 0.25) is 0 Å². The van der Waals surface area contributed by atoms with Crippen LogP contribution in [0.4, 0.5) is 0 Å². The van der Waals surface area contributed by atoms with E-state index in [1.54, 1.807) is 0 Å². The molecule has 5 heteroatoms. The zero-order chi connectivity index (χ0) is 19.4. The van der Waals surface area contributed by atoms with Crippen LogP contribution in [0.5, 0.6) is 5.75 Å². The molecular weight excluding hydrogens is 359 g/mol. The maximum absolute atomic E-state index is 13.2. The topological polar surface area (TPSA) is 44.8 Å². The van der Waals surface area contributed by atoms with E-state index in [2.05, 4.69) is 38.1 Å². The molecular formula is C22H29O4P. The molecule has 1 aliphatic carbocycles. The largest absolute Gasteiger partial charge is 0.489 e. The Labute approximate surface area is 162 Å². The van der Waals surface area contributed by atoms with Gasteiger partial charge in [0.1, 0.15) is 11.1 Å². The zero-order valence-electron chi connectivity index (χ0n) is 16.6. The second-order valence-corrected chi connectivity index (χ2v) is 9.49. The molecule has 27 heavy (non-hydrogen) atoms. The van der Waals surface area contributed by atoms with Crippen molar-refractivity contribution in [3.05, 3.63) is 48.0 Å². The molecule has 3 rings (SSSR count). The van der Waals surface area contributed by atoms with Crippen LogP contribution in [-0.2, 0) is 13.6 Å². The number of hydrogen-bond donors (Lipinski definition) is 0. The van der Waals surface area contributed by atoms with Gasteiger partial charge >= 0.3 is 7.60 Å². The fraction of sp³-hybridized carbons (Fsp3) is 0.455. The van der Waals surface area contributed by atoms with Gasteiger partial charge in [-0.05, 0) is 55.9 Å². The van der Waals surface area contributed by atoms with E-state index in [-0.39, 0.29) is 6.10 Å². The van der Waals surface area contributed by atoms with E-state index in [1.807, 2.05) is 18.2 Å². The first-order valence-corrected chi connectivity index (χ1v) is 11.1. The van der Waals surface area contributed by atoms with Gasteiger partial charge < -0.3 is 13.8 Å². The van der Waals surface area contributed by atoms with Gasteiger partial charge in [-0.25, -0.2) is 0 Å². The summed E-state index contributed by atoms with van der Waals surface area (Å²) in [5.74, 6) is 1.12. The van der Waals surface area contributed by atoms with Crippen molar-refractivity contribution in [3.63, 3.8) is 0 Å². The van der Waals surface area contributed by atoms with Gasteiger partial charge in [0.25, 0.3) is 0 Å². The molecule has 2 aromatic carbocycles. The molecule has 1 aliphatic rings. The molecule has 1 saturated carbocycles. The maximum Gasteiger partial charge on any atom is 0.364 e. The molecule has 0 saturated heterocycles. The summed E-state index contributed by atoms with van der Waals surface area (Å²) in [7, 11) is -0.621. The highest BCUT2D eigenvalue weighted by atomic mass is 31.2. The third-order valence-corrected chi connectivity index (χ3v) is 7.40. The summed E-state index contributed by atoms with van der Waals surface area (Å²) in [5.41, 5.74) is 3.21. The highest BCUT2D eigenvalue weighted by Crippen LogP contribution is 2.48. The van der Waals surface area contributed by atoms with E-state index in [4.69, 9.17) is 13.8 Å². The van der Waals surface area contributed by atoms with Crippen molar-refractivity contribution in [2.24, 2.45) is 5.92 Å². The summed E-state index contributed by atoms with van der Waals surface area (Å²) in [6, 6.07) is 14.0. The van der Waals surface area contributed by atoms with Gasteiger partial charge in [0.15, 0.2) is 0 Å². The first kappa shape index (κ1) is 20.1. The van der Waals surface area contributed by atoms with Crippen LogP contribution in [0.2, 0.25) is 0 Å². The highest BCUT2D eigenvalue weighted by Gasteiger charge is 2.31. The second-order valence-electron chi connectivity index (χ2n) is 7.28. The number of benzene rings is 2. The first-order valence-electron chi connectivity index (χ1n) is 9.56. The Bertz CT molecular complexity index is 802. The SMILES string of the molecule is COP(=O)(OC)c1cc(-c2ccc(C)cc2)ccc1OC(C)C1CCCC1. The van der Waals surface area contributed by atoms with E-state index < -0.39 is 7.60 Å². The van der Waals surface area contributed by atoms with Crippen molar-refractivity contribution in [1.82, 2.24) is 0 Å². The zero-order valence-corrected chi connectivity index (χ0v) is 17.5. The third-order valence-electron chi connectivity index (χ3n) is 5.50. The first-order chi connectivity index (χ1) is 13.0. The fourth-order valence-electron chi connectivity index (χ4n) is 3.75. The summed E-state index contributed by atoms with van der Waals surface area (Å²) in [6.45, 7) is 4.15. The molecule has 0 N–H and O–H groups in total. The standard InChI is InChI=1S/C22H29O4P/c1-16-9-11-19(12-10-16)20-13-14-21(22(15-20)27(23,24-3)25-4)26-17(2)18-7-5-6-8-18/h9-15,17-18H,5-8H2,1-4H3. The summed E-state index contributed by atoms with van der Waals surface area (Å²) in [6.07, 6.45) is 4.95. The lowest BCUT2D eigenvalue weighted by molar-refractivity contribution is 0.155. The lowest BCUT2D eigenvalue weighted by Crippen LogP contribution is -2.24. The van der Waals surface area contributed by atoms with Gasteiger partial charge in [-0.1, -0.05) is 48.7 Å². The van der Waals surface area contributed by atoms with E-state index in [1.165, 1.54) is 45.5 Å². The maximum atomic E-state index is 13.2. The van der Waals surface area contributed by atoms with Crippen LogP contribution in [0.25, 0.3) is 11.1 Å². The Hall–Kier alpha value is -1.61. The van der Waals surface area contributed by atoms with E-state index in [0.29, 0.717) is 17.0 Å². The number of hydrogen-bond acceptors (Lipinski definition) is 4. The quantitative estimate of drug-likeness (QED) is 0.568. The molecule has 1 fully saturated rings. The van der Waals surface area contributed by atoms with Crippen LogP contribution in [-0.4, -0.2) is 20.3 Å². The summed E-state index contributed by atoms with van der Waals surface area (Å²) in [5, 5.41) is 0.482. The molecule has 0 amide bonds. The lowest BCUT2D eigenvalue weighted by Gasteiger charge is -2.24. The molecule has 0 aromatic heterocycles. The van der Waals surface area contributed by atoms with E-state index in [9.17, 15) is 4.57 Å². The van der Waals surface area contributed by atoms with Crippen LogP contribution in [0.3, 0.4) is 0 Å². The average Bonchev–Trinajstić information content (AvgIpc) is 3.23. The predicted molar refractivity (Wildman–Crippen MR) is 110 cm³/mol. The van der Waals surface area contributed by atoms with Crippen molar-refractivity contribution < 1.29 is 18.3 Å². The van der Waals surface area contributed by atoms with Gasteiger partial charge in [0.05, 0.1) is 6.10 Å². The molecule has 0 spiro atoms. The Morgan fingerprint density at radius 3 is 2.15 bits per heavy atom. The summed E-state index contributed by atoms with van der Waals surface area (Å²) in [4.78, 5) is 0. The van der Waals surface area contributed by atoms with Crippen LogP contribution in [0.1, 0.15) is 38.2 Å². The van der Waals surface area contributed by atoms with Crippen LogP contribution < -0.4 is 10.0 Å². The second kappa shape index (κ2) is 8.60. The molecule has 4 nitrogen and oxygen atoms in total. The van der Waals surface area contributed by atoms with E-state index >= 15 is 0 Å². The molecule has 146 valence electrons. The molecule has 0 aliphatic heterocycles. The number of aryl methyl sites for hydroxylation is 1. The van der Waals surface area contributed by atoms with E-state index in [0.717, 1.165) is 11.1 Å². The third kappa shape index (κ3) is 4.45. The molecule has 0 heterocycles. The Morgan fingerprint density at radius 2 is 1.56 bits per heavy atom. The predicted octanol–water partition coefficient (Wildman–Crippen LogP) is 5.73. The van der Waals surface area contributed by atoms with Crippen molar-refractivity contribution in [2.45, 2.75) is 45.6 Å². The minimum atomic E-state index is -3.44. The van der Waals surface area contributed by atoms with Gasteiger partial charge in [-0.3, -0.25) is 4.57 Å². The smallest absolute Gasteiger partial charge is 0.364 e. The monoisotopic (exact) mass is 388 g/mol. The average molecular weight is 388 g/mol. The van der Waals surface area contributed by atoms with Gasteiger partial charge in [-0.15, -0.1) is 0 Å². The minimum Gasteiger partial charge on any atom is -0.489 e. The van der Waals surface area contributed by atoms with Crippen LogP contribution in [0.15, 0.2) is 42.5 Å². The summed E-state index contributed by atoms with van der Waals surface area (Å²) >= 11 is 0. The molecule has 1 unspecified atom stereocenters. The lowest BCUT2D eigenvalue weighted by atomic mass is 10.0. The molecule has 0 radical (unpaired) electrons. The van der Waals surface area contributed by atoms with Crippen LogP contribution in [0, 0.1) is 12.8 Å². The van der Waals surface area contributed by atoms with Crippen molar-refractivity contribution >= 4 is 12.9 Å². The Balaban J connectivity index is 1.99. The number of rotatable bonds is 7. The number of ether oxygens (including phenoxy) is 1. The summed E-state index contributed by atoms with van der Waals surface area (Å²) < 4.78 is 30.0. The normalized spacial score (nSPS) is 16.4. The van der Waals surface area contributed by atoms with Crippen LogP contribution >= 0.6 is 7.60 Å². The van der Waals surface area contributed by atoms with Crippen molar-refractivity contribution in [2.75, 3.05) is 14.2 Å². The minimum absolute atomic E-state index is 0.0682.